The van der Waals surface area contributed by atoms with Crippen LogP contribution in [0.5, 0.6) is 0 Å². The van der Waals surface area contributed by atoms with E-state index in [4.69, 9.17) is 0 Å². The molecule has 0 fully saturated rings. The summed E-state index contributed by atoms with van der Waals surface area (Å²) >= 11 is 0. The molecule has 0 N–H and O–H groups in total. The molecule has 0 aliphatic heterocycles. The monoisotopic (exact) mass is 224 g/mol. The molecule has 0 heterocycles. The molecule has 0 bridgehead atoms. The van der Waals surface area contributed by atoms with Crippen LogP contribution in [0.1, 0.15) is 67.6 Å². The summed E-state index contributed by atoms with van der Waals surface area (Å²) in [4.78, 5) is 20.9. The second-order valence-corrected chi connectivity index (χ2v) is 3.78. The number of unbranched alkanes of at least 4 members (excludes halogenated alkanes) is 6. The van der Waals surface area contributed by atoms with Crippen molar-refractivity contribution in [1.29, 1.82) is 0 Å². The summed E-state index contributed by atoms with van der Waals surface area (Å²) in [5.41, 5.74) is 0. The van der Waals surface area contributed by atoms with Crippen LogP contribution in [0.25, 0.3) is 0 Å². The Kier molecular flexibility index (Phi) is 16.5. The molecule has 0 aromatic heterocycles. The predicted molar refractivity (Wildman–Crippen MR) is 66.3 cm³/mol. The summed E-state index contributed by atoms with van der Waals surface area (Å²) in [6.07, 6.45) is 9.92. The van der Waals surface area contributed by atoms with E-state index < -0.39 is 0 Å². The first-order chi connectivity index (χ1) is 6.81. The SMILES string of the molecule is CCCCCCCCCC(=O)CC=O.[H-].[H-].[Mg+2]. The van der Waals surface area contributed by atoms with E-state index in [0.717, 1.165) is 12.8 Å². The first-order valence-corrected chi connectivity index (χ1v) is 5.76. The number of Topliss-reactive ketones (excluding diaryl/α,β-unsaturated/α-hetero) is 1. The van der Waals surface area contributed by atoms with E-state index in [1.807, 2.05) is 0 Å². The minimum atomic E-state index is 0. The van der Waals surface area contributed by atoms with E-state index >= 15 is 0 Å². The third-order valence-electron chi connectivity index (χ3n) is 2.37. The molecule has 0 rings (SSSR count). The fraction of sp³-hybridized carbons (Fsp3) is 0.833. The second kappa shape index (κ2) is 14.1. The maximum atomic E-state index is 10.9. The van der Waals surface area contributed by atoms with E-state index in [2.05, 4.69) is 6.92 Å². The van der Waals surface area contributed by atoms with Crippen LogP contribution in [0.2, 0.25) is 0 Å². The number of carbonyl (C=O) groups is 2. The molecule has 0 aliphatic rings. The first-order valence-electron chi connectivity index (χ1n) is 5.76. The van der Waals surface area contributed by atoms with Crippen LogP contribution < -0.4 is 0 Å². The van der Waals surface area contributed by atoms with Gasteiger partial charge in [0.2, 0.25) is 0 Å². The number of carbonyl (C=O) groups excluding carboxylic acids is 2. The molecule has 86 valence electrons. The van der Waals surface area contributed by atoms with Crippen molar-refractivity contribution in [2.75, 3.05) is 0 Å². The van der Waals surface area contributed by atoms with Crippen molar-refractivity contribution >= 4 is 35.1 Å². The molecule has 0 aromatic rings. The molecule has 0 atom stereocenters. The average Bonchev–Trinajstić information content (AvgIpc) is 2.17. The van der Waals surface area contributed by atoms with E-state index in [1.165, 1.54) is 32.1 Å². The Balaban J connectivity index is -0.000000282. The maximum Gasteiger partial charge on any atom is 2.00 e. The van der Waals surface area contributed by atoms with Crippen LogP contribution in [0.3, 0.4) is 0 Å². The first kappa shape index (κ1) is 17.5. The van der Waals surface area contributed by atoms with E-state index in [9.17, 15) is 9.59 Å². The van der Waals surface area contributed by atoms with Crippen LogP contribution in [0.15, 0.2) is 0 Å². The standard InChI is InChI=1S/C12H22O2.Mg.2H/c1-2-3-4-5-6-7-8-9-12(14)10-11-13;;;/h11H,2-10H2,1H3;;;/q;+2;2*-1. The molecular weight excluding hydrogens is 200 g/mol. The molecule has 0 saturated heterocycles. The molecule has 0 aliphatic carbocycles. The Labute approximate surface area is 112 Å². The summed E-state index contributed by atoms with van der Waals surface area (Å²) in [6.45, 7) is 2.21. The van der Waals surface area contributed by atoms with Crippen molar-refractivity contribution in [3.63, 3.8) is 0 Å². The second-order valence-electron chi connectivity index (χ2n) is 3.78. The normalized spacial score (nSPS) is 9.40. The summed E-state index contributed by atoms with van der Waals surface area (Å²) in [7, 11) is 0. The molecule has 0 aromatic carbocycles. The van der Waals surface area contributed by atoms with Gasteiger partial charge in [0, 0.05) is 6.42 Å². The van der Waals surface area contributed by atoms with Gasteiger partial charge >= 0.3 is 23.1 Å². The van der Waals surface area contributed by atoms with Gasteiger partial charge in [0.25, 0.3) is 0 Å². The molecule has 2 nitrogen and oxygen atoms in total. The number of ketones is 1. The zero-order valence-electron chi connectivity index (χ0n) is 12.0. The van der Waals surface area contributed by atoms with Gasteiger partial charge < -0.3 is 7.65 Å². The molecule has 3 heteroatoms. The summed E-state index contributed by atoms with van der Waals surface area (Å²) in [5, 5.41) is 0. The van der Waals surface area contributed by atoms with Crippen molar-refractivity contribution in [1.82, 2.24) is 0 Å². The van der Waals surface area contributed by atoms with Crippen molar-refractivity contribution in [3.05, 3.63) is 0 Å². The van der Waals surface area contributed by atoms with Gasteiger partial charge in [0.1, 0.15) is 12.1 Å². The third kappa shape index (κ3) is 14.1. The van der Waals surface area contributed by atoms with E-state index in [1.54, 1.807) is 0 Å². The van der Waals surface area contributed by atoms with E-state index in [0.29, 0.717) is 12.7 Å². The largest absolute Gasteiger partial charge is 2.00 e. The molecular formula is C12H24MgO2. The Morgan fingerprint density at radius 1 is 1.07 bits per heavy atom. The van der Waals surface area contributed by atoms with Gasteiger partial charge in [-0.2, -0.15) is 0 Å². The molecule has 0 radical (unpaired) electrons. The Morgan fingerprint density at radius 3 is 2.13 bits per heavy atom. The number of aldehydes is 1. The quantitative estimate of drug-likeness (QED) is 0.247. The minimum Gasteiger partial charge on any atom is -1.00 e. The maximum absolute atomic E-state index is 10.9. The van der Waals surface area contributed by atoms with Gasteiger partial charge in [-0.1, -0.05) is 45.4 Å². The van der Waals surface area contributed by atoms with Crippen LogP contribution >= 0.6 is 0 Å². The van der Waals surface area contributed by atoms with Crippen molar-refractivity contribution in [2.24, 2.45) is 0 Å². The molecule has 0 saturated carbocycles. The third-order valence-corrected chi connectivity index (χ3v) is 2.37. The molecule has 0 unspecified atom stereocenters. The molecule has 0 amide bonds. The topological polar surface area (TPSA) is 34.1 Å². The van der Waals surface area contributed by atoms with Gasteiger partial charge in [0.05, 0.1) is 6.42 Å². The summed E-state index contributed by atoms with van der Waals surface area (Å²) in [6, 6.07) is 0. The average molecular weight is 225 g/mol. The minimum absolute atomic E-state index is 0. The fourth-order valence-corrected chi connectivity index (χ4v) is 1.47. The Morgan fingerprint density at radius 2 is 1.60 bits per heavy atom. The van der Waals surface area contributed by atoms with Gasteiger partial charge in [-0.15, -0.1) is 0 Å². The summed E-state index contributed by atoms with van der Waals surface area (Å²) in [5.74, 6) is 0.0913. The number of hydrogen-bond donors (Lipinski definition) is 0. The zero-order chi connectivity index (χ0) is 10.6. The van der Waals surface area contributed by atoms with Crippen molar-refractivity contribution < 1.29 is 12.4 Å². The van der Waals surface area contributed by atoms with Crippen LogP contribution in [-0.4, -0.2) is 35.1 Å². The smallest absolute Gasteiger partial charge is 1.00 e. The van der Waals surface area contributed by atoms with Gasteiger partial charge in [0.15, 0.2) is 0 Å². The van der Waals surface area contributed by atoms with Gasteiger partial charge in [-0.3, -0.25) is 4.79 Å². The van der Waals surface area contributed by atoms with Gasteiger partial charge in [-0.25, -0.2) is 0 Å². The van der Waals surface area contributed by atoms with Crippen molar-refractivity contribution in [3.8, 4) is 0 Å². The predicted octanol–water partition coefficient (Wildman–Crippen LogP) is 3.13. The van der Waals surface area contributed by atoms with Gasteiger partial charge in [-0.05, 0) is 6.42 Å². The zero-order valence-corrected chi connectivity index (χ0v) is 11.4. The van der Waals surface area contributed by atoms with Crippen LogP contribution in [0.4, 0.5) is 0 Å². The fourth-order valence-electron chi connectivity index (χ4n) is 1.47. The van der Waals surface area contributed by atoms with E-state index in [-0.39, 0.29) is 38.1 Å². The Hall–Kier alpha value is 0.106. The molecule has 0 spiro atoms. The number of hydrogen-bond acceptors (Lipinski definition) is 2. The number of rotatable bonds is 10. The molecule has 15 heavy (non-hydrogen) atoms. The van der Waals surface area contributed by atoms with Crippen molar-refractivity contribution in [2.45, 2.75) is 64.7 Å². The van der Waals surface area contributed by atoms with Crippen LogP contribution in [-0.2, 0) is 9.59 Å². The van der Waals surface area contributed by atoms with Crippen LogP contribution in [0, 0.1) is 0 Å². The Bertz CT molecular complexity index is 167. The summed E-state index contributed by atoms with van der Waals surface area (Å²) < 4.78 is 0.